The van der Waals surface area contributed by atoms with Gasteiger partial charge in [0.2, 0.25) is 0 Å². The zero-order valence-electron chi connectivity index (χ0n) is 15.9. The Hall–Kier alpha value is -1.01. The third-order valence-electron chi connectivity index (χ3n) is 5.94. The number of rotatable bonds is 6. The van der Waals surface area contributed by atoms with E-state index >= 15 is 0 Å². The Morgan fingerprint density at radius 3 is 2.50 bits per heavy atom. The highest BCUT2D eigenvalue weighted by Gasteiger charge is 2.27. The topological polar surface area (TPSA) is 37.8 Å². The van der Waals surface area contributed by atoms with E-state index in [1.807, 2.05) is 0 Å². The van der Waals surface area contributed by atoms with E-state index in [0.717, 1.165) is 52.2 Å². The van der Waals surface area contributed by atoms with Crippen LogP contribution in [0.4, 0.5) is 0 Å². The lowest BCUT2D eigenvalue weighted by Gasteiger charge is -2.28. The molecule has 0 spiro atoms. The second-order valence-electron chi connectivity index (χ2n) is 8.07. The van der Waals surface area contributed by atoms with Gasteiger partial charge in [-0.15, -0.1) is 0 Å². The van der Waals surface area contributed by atoms with E-state index < -0.39 is 0 Å². The fourth-order valence-electron chi connectivity index (χ4n) is 4.41. The van der Waals surface area contributed by atoms with Crippen molar-refractivity contribution in [2.24, 2.45) is 0 Å². The normalized spacial score (nSPS) is 28.5. The molecule has 4 heterocycles. The average Bonchev–Trinajstić information content (AvgIpc) is 3.12. The quantitative estimate of drug-likeness (QED) is 0.780. The lowest BCUT2D eigenvalue weighted by Crippen LogP contribution is -2.41. The van der Waals surface area contributed by atoms with Crippen molar-refractivity contribution in [3.8, 4) is 0 Å². The summed E-state index contributed by atoms with van der Waals surface area (Å²) in [4.78, 5) is 9.74. The second kappa shape index (κ2) is 9.27. The maximum absolute atomic E-state index is 6.29. The van der Waals surface area contributed by atoms with Crippen molar-refractivity contribution in [2.75, 3.05) is 45.9 Å². The van der Waals surface area contributed by atoms with Gasteiger partial charge in [0.05, 0.1) is 25.4 Å². The molecule has 3 saturated heterocycles. The number of aromatic nitrogens is 1. The largest absolute Gasteiger partial charge is 0.379 e. The number of likely N-dealkylation sites (tertiary alicyclic amines) is 1. The van der Waals surface area contributed by atoms with Crippen molar-refractivity contribution in [1.29, 1.82) is 0 Å². The predicted molar refractivity (Wildman–Crippen MR) is 102 cm³/mol. The van der Waals surface area contributed by atoms with Gasteiger partial charge in [-0.1, -0.05) is 12.5 Å². The summed E-state index contributed by atoms with van der Waals surface area (Å²) in [6.45, 7) is 8.41. The average molecular weight is 360 g/mol. The molecule has 26 heavy (non-hydrogen) atoms. The van der Waals surface area contributed by atoms with E-state index in [1.165, 1.54) is 50.0 Å². The maximum Gasteiger partial charge on any atom is 0.0706 e. The molecule has 0 saturated carbocycles. The monoisotopic (exact) mass is 359 g/mol. The van der Waals surface area contributed by atoms with Gasteiger partial charge in [0, 0.05) is 44.5 Å². The van der Waals surface area contributed by atoms with Gasteiger partial charge in [0.15, 0.2) is 0 Å². The van der Waals surface area contributed by atoms with Crippen molar-refractivity contribution in [3.05, 3.63) is 29.6 Å². The van der Waals surface area contributed by atoms with Crippen LogP contribution in [0, 0.1) is 0 Å². The van der Waals surface area contributed by atoms with Crippen LogP contribution in [0.15, 0.2) is 18.3 Å². The van der Waals surface area contributed by atoms with Crippen molar-refractivity contribution in [3.63, 3.8) is 0 Å². The Morgan fingerprint density at radius 2 is 1.73 bits per heavy atom. The minimum atomic E-state index is 0.335. The fraction of sp³-hybridized carbons (Fsp3) is 0.762. The van der Waals surface area contributed by atoms with Crippen LogP contribution in [0.1, 0.15) is 43.4 Å². The molecule has 3 aliphatic rings. The molecule has 3 aliphatic heterocycles. The number of morpholine rings is 1. The Morgan fingerprint density at radius 1 is 0.923 bits per heavy atom. The van der Waals surface area contributed by atoms with E-state index in [2.05, 4.69) is 28.1 Å². The molecule has 0 radical (unpaired) electrons. The van der Waals surface area contributed by atoms with Crippen LogP contribution >= 0.6 is 0 Å². The maximum atomic E-state index is 6.29. The fourth-order valence-corrected chi connectivity index (χ4v) is 4.41. The first kappa shape index (κ1) is 18.4. The summed E-state index contributed by atoms with van der Waals surface area (Å²) in [6.07, 6.45) is 10.2. The number of hydrogen-bond donors (Lipinski definition) is 0. The van der Waals surface area contributed by atoms with Crippen LogP contribution in [0.5, 0.6) is 0 Å². The number of hydrogen-bond acceptors (Lipinski definition) is 5. The molecule has 5 nitrogen and oxygen atoms in total. The molecule has 3 fully saturated rings. The van der Waals surface area contributed by atoms with Gasteiger partial charge in [0.25, 0.3) is 0 Å². The minimum Gasteiger partial charge on any atom is -0.379 e. The van der Waals surface area contributed by atoms with E-state index in [0.29, 0.717) is 12.2 Å². The first-order valence-corrected chi connectivity index (χ1v) is 10.5. The summed E-state index contributed by atoms with van der Waals surface area (Å²) in [6, 6.07) is 4.47. The summed E-state index contributed by atoms with van der Waals surface area (Å²) < 4.78 is 11.7. The highest BCUT2D eigenvalue weighted by molar-refractivity contribution is 5.15. The van der Waals surface area contributed by atoms with Gasteiger partial charge in [0.1, 0.15) is 0 Å². The first-order chi connectivity index (χ1) is 12.8. The first-order valence-electron chi connectivity index (χ1n) is 10.5. The standard InChI is InChI=1S/C21H33N3O2/c1-2-8-23(9-3-1)16-18-4-5-19(22-15-18)14-20-6-7-21(26-20)17-24-10-12-25-13-11-24/h4-5,15,20-21H,1-3,6-14,16-17H2/t20-,21+/m0/s1. The van der Waals surface area contributed by atoms with Crippen LogP contribution in [-0.4, -0.2) is 72.9 Å². The molecule has 2 atom stereocenters. The summed E-state index contributed by atoms with van der Waals surface area (Å²) in [5.74, 6) is 0. The number of piperidine rings is 1. The Balaban J connectivity index is 1.21. The van der Waals surface area contributed by atoms with Gasteiger partial charge in [-0.3, -0.25) is 14.8 Å². The second-order valence-corrected chi connectivity index (χ2v) is 8.07. The van der Waals surface area contributed by atoms with Gasteiger partial charge in [-0.25, -0.2) is 0 Å². The van der Waals surface area contributed by atoms with Crippen LogP contribution in [0.2, 0.25) is 0 Å². The van der Waals surface area contributed by atoms with Crippen LogP contribution in [-0.2, 0) is 22.4 Å². The van der Waals surface area contributed by atoms with E-state index in [1.54, 1.807) is 0 Å². The van der Waals surface area contributed by atoms with Crippen LogP contribution in [0.25, 0.3) is 0 Å². The molecule has 0 unspecified atom stereocenters. The van der Waals surface area contributed by atoms with Crippen molar-refractivity contribution < 1.29 is 9.47 Å². The summed E-state index contributed by atoms with van der Waals surface area (Å²) in [7, 11) is 0. The zero-order chi connectivity index (χ0) is 17.6. The van der Waals surface area contributed by atoms with Crippen LogP contribution in [0.3, 0.4) is 0 Å². The summed E-state index contributed by atoms with van der Waals surface area (Å²) >= 11 is 0. The van der Waals surface area contributed by atoms with Crippen molar-refractivity contribution in [1.82, 2.24) is 14.8 Å². The third kappa shape index (κ3) is 5.26. The lowest BCUT2D eigenvalue weighted by molar-refractivity contribution is -0.0110. The van der Waals surface area contributed by atoms with Crippen molar-refractivity contribution in [2.45, 2.75) is 57.3 Å². The molecule has 0 bridgehead atoms. The molecule has 0 aromatic carbocycles. The Kier molecular flexibility index (Phi) is 6.54. The molecule has 0 N–H and O–H groups in total. The molecule has 4 rings (SSSR count). The summed E-state index contributed by atoms with van der Waals surface area (Å²) in [5.41, 5.74) is 2.51. The van der Waals surface area contributed by atoms with E-state index in [9.17, 15) is 0 Å². The molecular formula is C21H33N3O2. The molecule has 0 aliphatic carbocycles. The molecular weight excluding hydrogens is 326 g/mol. The Bertz CT molecular complexity index is 539. The third-order valence-corrected chi connectivity index (χ3v) is 5.94. The number of pyridine rings is 1. The molecule has 5 heteroatoms. The molecule has 1 aromatic heterocycles. The predicted octanol–water partition coefficient (Wildman–Crippen LogP) is 2.49. The highest BCUT2D eigenvalue weighted by atomic mass is 16.5. The van der Waals surface area contributed by atoms with Gasteiger partial charge < -0.3 is 9.47 Å². The molecule has 144 valence electrons. The zero-order valence-corrected chi connectivity index (χ0v) is 15.9. The number of ether oxygens (including phenoxy) is 2. The highest BCUT2D eigenvalue weighted by Crippen LogP contribution is 2.23. The van der Waals surface area contributed by atoms with E-state index in [-0.39, 0.29) is 0 Å². The van der Waals surface area contributed by atoms with Gasteiger partial charge in [-0.2, -0.15) is 0 Å². The molecule has 1 aromatic rings. The van der Waals surface area contributed by atoms with Gasteiger partial charge in [-0.05, 0) is 50.4 Å². The van der Waals surface area contributed by atoms with E-state index in [4.69, 9.17) is 14.5 Å². The number of nitrogens with zero attached hydrogens (tertiary/aromatic N) is 3. The Labute approximate surface area is 157 Å². The van der Waals surface area contributed by atoms with Gasteiger partial charge >= 0.3 is 0 Å². The smallest absolute Gasteiger partial charge is 0.0706 e. The van der Waals surface area contributed by atoms with Crippen LogP contribution < -0.4 is 0 Å². The lowest BCUT2D eigenvalue weighted by atomic mass is 10.1. The van der Waals surface area contributed by atoms with Crippen molar-refractivity contribution >= 4 is 0 Å². The summed E-state index contributed by atoms with van der Waals surface area (Å²) in [5, 5.41) is 0. The minimum absolute atomic E-state index is 0.335. The SMILES string of the molecule is c1cc(C[C@@H]2CC[C@H](CN3CCOCC3)O2)ncc1CN1CCCCC1. The molecule has 0 amide bonds.